The third kappa shape index (κ3) is 8.93. The van der Waals surface area contributed by atoms with E-state index in [9.17, 15) is 0 Å². The molecule has 0 aliphatic carbocycles. The lowest BCUT2D eigenvalue weighted by atomic mass is 10.0. The number of nitrogens with one attached hydrogen (secondary N) is 2. The lowest BCUT2D eigenvalue weighted by Crippen LogP contribution is -2.45. The van der Waals surface area contributed by atoms with Gasteiger partial charge in [-0.1, -0.05) is 19.9 Å². The molecule has 0 amide bonds. The van der Waals surface area contributed by atoms with Gasteiger partial charge in [-0.2, -0.15) is 0 Å². The van der Waals surface area contributed by atoms with E-state index in [1.165, 1.54) is 0 Å². The molecule has 0 saturated carbocycles. The molecule has 1 aromatic heterocycles. The Morgan fingerprint density at radius 1 is 1.27 bits per heavy atom. The Hall–Kier alpha value is -1.13. The summed E-state index contributed by atoms with van der Waals surface area (Å²) in [4.78, 5) is 11.3. The van der Waals surface area contributed by atoms with Crippen LogP contribution in [0.5, 0.6) is 0 Å². The summed E-state index contributed by atoms with van der Waals surface area (Å²) in [5.74, 6) is 2.31. The predicted octanol–water partition coefficient (Wildman–Crippen LogP) is 3.43. The van der Waals surface area contributed by atoms with Gasteiger partial charge in [0.05, 0.1) is 18.3 Å². The van der Waals surface area contributed by atoms with Crippen LogP contribution in [0.1, 0.15) is 46.6 Å². The molecular formula is C22H40IN5O2. The molecule has 2 heterocycles. The molecule has 1 fully saturated rings. The lowest BCUT2D eigenvalue weighted by molar-refractivity contribution is -0.00546. The fourth-order valence-corrected chi connectivity index (χ4v) is 3.64. The van der Waals surface area contributed by atoms with Crippen LogP contribution in [0.4, 0.5) is 5.82 Å². The molecule has 0 spiro atoms. The normalized spacial score (nSPS) is 20.6. The molecular weight excluding hydrogens is 493 g/mol. The maximum atomic E-state index is 5.80. The number of hydrogen-bond donors (Lipinski definition) is 2. The molecule has 172 valence electrons. The van der Waals surface area contributed by atoms with Crippen molar-refractivity contribution < 1.29 is 9.47 Å². The first-order valence-electron chi connectivity index (χ1n) is 10.8. The van der Waals surface area contributed by atoms with Gasteiger partial charge in [-0.05, 0) is 44.7 Å². The SMILES string of the molecule is CCOC(CCNC(=NC)NCc1ccc(N2CC(C)OC(C)C2)nc1)C(C)C.I. The highest BCUT2D eigenvalue weighted by Gasteiger charge is 2.23. The molecule has 2 rings (SSSR count). The van der Waals surface area contributed by atoms with Gasteiger partial charge in [-0.3, -0.25) is 4.99 Å². The predicted molar refractivity (Wildman–Crippen MR) is 135 cm³/mol. The van der Waals surface area contributed by atoms with Crippen molar-refractivity contribution in [2.24, 2.45) is 10.9 Å². The van der Waals surface area contributed by atoms with E-state index in [2.05, 4.69) is 65.3 Å². The van der Waals surface area contributed by atoms with E-state index in [0.29, 0.717) is 12.5 Å². The topological polar surface area (TPSA) is 71.0 Å². The largest absolute Gasteiger partial charge is 0.378 e. The van der Waals surface area contributed by atoms with Gasteiger partial charge in [0.2, 0.25) is 0 Å². The number of anilines is 1. The minimum absolute atomic E-state index is 0. The molecule has 3 unspecified atom stereocenters. The van der Waals surface area contributed by atoms with E-state index in [0.717, 1.165) is 50.0 Å². The van der Waals surface area contributed by atoms with E-state index >= 15 is 0 Å². The van der Waals surface area contributed by atoms with E-state index in [-0.39, 0.29) is 42.3 Å². The van der Waals surface area contributed by atoms with Gasteiger partial charge < -0.3 is 25.0 Å². The molecule has 0 radical (unpaired) electrons. The van der Waals surface area contributed by atoms with Crippen LogP contribution in [0.15, 0.2) is 23.3 Å². The van der Waals surface area contributed by atoms with E-state index in [1.807, 2.05) is 13.1 Å². The highest BCUT2D eigenvalue weighted by atomic mass is 127. The molecule has 3 atom stereocenters. The number of morpholine rings is 1. The molecule has 1 saturated heterocycles. The van der Waals surface area contributed by atoms with Crippen LogP contribution in [0.3, 0.4) is 0 Å². The Labute approximate surface area is 199 Å². The smallest absolute Gasteiger partial charge is 0.191 e. The third-order valence-corrected chi connectivity index (χ3v) is 5.08. The summed E-state index contributed by atoms with van der Waals surface area (Å²) in [5, 5.41) is 6.73. The minimum Gasteiger partial charge on any atom is -0.378 e. The molecule has 7 nitrogen and oxygen atoms in total. The molecule has 1 aromatic rings. The number of ether oxygens (including phenoxy) is 2. The Morgan fingerprint density at radius 3 is 2.50 bits per heavy atom. The van der Waals surface area contributed by atoms with Gasteiger partial charge in [-0.15, -0.1) is 24.0 Å². The first kappa shape index (κ1) is 26.9. The number of guanidine groups is 1. The Morgan fingerprint density at radius 2 is 1.97 bits per heavy atom. The van der Waals surface area contributed by atoms with Crippen molar-refractivity contribution in [3.63, 3.8) is 0 Å². The van der Waals surface area contributed by atoms with Gasteiger partial charge in [-0.25, -0.2) is 4.98 Å². The summed E-state index contributed by atoms with van der Waals surface area (Å²) in [7, 11) is 1.79. The quantitative estimate of drug-likeness (QED) is 0.288. The van der Waals surface area contributed by atoms with Crippen molar-refractivity contribution >= 4 is 35.8 Å². The second-order valence-electron chi connectivity index (χ2n) is 8.07. The van der Waals surface area contributed by atoms with Gasteiger partial charge in [0.1, 0.15) is 5.82 Å². The molecule has 1 aliphatic heterocycles. The van der Waals surface area contributed by atoms with Crippen molar-refractivity contribution in [2.75, 3.05) is 38.2 Å². The van der Waals surface area contributed by atoms with Crippen molar-refractivity contribution in [2.45, 2.75) is 65.9 Å². The molecule has 1 aliphatic rings. The van der Waals surface area contributed by atoms with Gasteiger partial charge in [0.25, 0.3) is 0 Å². The number of rotatable bonds is 9. The van der Waals surface area contributed by atoms with E-state index < -0.39 is 0 Å². The second-order valence-corrected chi connectivity index (χ2v) is 8.07. The van der Waals surface area contributed by atoms with Crippen LogP contribution in [0, 0.1) is 5.92 Å². The fourth-order valence-electron chi connectivity index (χ4n) is 3.64. The number of hydrogen-bond acceptors (Lipinski definition) is 5. The van der Waals surface area contributed by atoms with Crippen LogP contribution in [0.2, 0.25) is 0 Å². The maximum Gasteiger partial charge on any atom is 0.191 e. The zero-order chi connectivity index (χ0) is 21.2. The molecule has 0 bridgehead atoms. The zero-order valence-electron chi connectivity index (χ0n) is 19.4. The molecule has 2 N–H and O–H groups in total. The monoisotopic (exact) mass is 533 g/mol. The first-order chi connectivity index (χ1) is 13.9. The number of halogens is 1. The Bertz CT molecular complexity index is 616. The molecule has 0 aromatic carbocycles. The standard InChI is InChI=1S/C22H39N5O2.HI/c1-7-28-20(16(2)3)10-11-24-22(23-6)26-13-19-8-9-21(25-12-19)27-14-17(4)29-18(5)15-27;/h8-9,12,16-18,20H,7,10-11,13-15H2,1-6H3,(H2,23,24,26);1H. The molecule has 30 heavy (non-hydrogen) atoms. The Kier molecular flexibility index (Phi) is 12.6. The summed E-state index contributed by atoms with van der Waals surface area (Å²) in [5.41, 5.74) is 1.13. The second kappa shape index (κ2) is 14.0. The van der Waals surface area contributed by atoms with Crippen molar-refractivity contribution in [1.82, 2.24) is 15.6 Å². The van der Waals surface area contributed by atoms with E-state index in [1.54, 1.807) is 7.05 Å². The van der Waals surface area contributed by atoms with Gasteiger partial charge >= 0.3 is 0 Å². The lowest BCUT2D eigenvalue weighted by Gasteiger charge is -2.36. The fraction of sp³-hybridized carbons (Fsp3) is 0.727. The van der Waals surface area contributed by atoms with Crippen molar-refractivity contribution in [3.05, 3.63) is 23.9 Å². The highest BCUT2D eigenvalue weighted by molar-refractivity contribution is 14.0. The summed E-state index contributed by atoms with van der Waals surface area (Å²) >= 11 is 0. The van der Waals surface area contributed by atoms with Crippen molar-refractivity contribution in [1.29, 1.82) is 0 Å². The summed E-state index contributed by atoms with van der Waals surface area (Å²) in [6, 6.07) is 4.21. The first-order valence-corrected chi connectivity index (χ1v) is 10.8. The molecule has 8 heteroatoms. The van der Waals surface area contributed by atoms with Crippen LogP contribution in [0.25, 0.3) is 0 Å². The average molecular weight is 533 g/mol. The van der Waals surface area contributed by atoms with Crippen LogP contribution >= 0.6 is 24.0 Å². The minimum atomic E-state index is 0. The third-order valence-electron chi connectivity index (χ3n) is 5.08. The maximum absolute atomic E-state index is 5.80. The van der Waals surface area contributed by atoms with Crippen LogP contribution in [-0.2, 0) is 16.0 Å². The van der Waals surface area contributed by atoms with Gasteiger partial charge in [0.15, 0.2) is 5.96 Å². The summed E-state index contributed by atoms with van der Waals surface area (Å²) < 4.78 is 11.6. The Balaban J connectivity index is 0.00000450. The number of nitrogens with zero attached hydrogens (tertiary/aromatic N) is 3. The number of aromatic nitrogens is 1. The average Bonchev–Trinajstić information content (AvgIpc) is 2.69. The highest BCUT2D eigenvalue weighted by Crippen LogP contribution is 2.18. The summed E-state index contributed by atoms with van der Waals surface area (Å²) in [6.45, 7) is 14.7. The zero-order valence-corrected chi connectivity index (χ0v) is 21.7. The van der Waals surface area contributed by atoms with E-state index in [4.69, 9.17) is 9.47 Å². The van der Waals surface area contributed by atoms with Gasteiger partial charge in [0, 0.05) is 46.0 Å². The summed E-state index contributed by atoms with van der Waals surface area (Å²) in [6.07, 6.45) is 3.62. The number of pyridine rings is 1. The van der Waals surface area contributed by atoms with Crippen LogP contribution < -0.4 is 15.5 Å². The number of aliphatic imine (C=N–C) groups is 1. The van der Waals surface area contributed by atoms with Crippen LogP contribution in [-0.4, -0.2) is 62.5 Å². The van der Waals surface area contributed by atoms with Crippen molar-refractivity contribution in [3.8, 4) is 0 Å².